The van der Waals surface area contributed by atoms with Crippen LogP contribution < -0.4 is 14.8 Å². The number of carbonyl (C=O) groups is 1. The number of ether oxygens (including phenoxy) is 1. The van der Waals surface area contributed by atoms with Gasteiger partial charge >= 0.3 is 0 Å². The van der Waals surface area contributed by atoms with Gasteiger partial charge in [0.1, 0.15) is 5.75 Å². The molecule has 0 aliphatic carbocycles. The molecule has 0 aromatic heterocycles. The van der Waals surface area contributed by atoms with Crippen LogP contribution in [0, 0.1) is 0 Å². The first-order valence-corrected chi connectivity index (χ1v) is 12.0. The Morgan fingerprint density at radius 2 is 1.55 bits per heavy atom. The molecule has 0 saturated heterocycles. The highest BCUT2D eigenvalue weighted by molar-refractivity contribution is 9.10. The van der Waals surface area contributed by atoms with Crippen molar-refractivity contribution >= 4 is 31.9 Å². The van der Waals surface area contributed by atoms with Gasteiger partial charge in [-0.25, -0.2) is 13.1 Å². The molecule has 0 aliphatic rings. The topological polar surface area (TPSA) is 84.5 Å². The minimum atomic E-state index is -3.61. The third-order valence-electron chi connectivity index (χ3n) is 4.46. The predicted octanol–water partition coefficient (Wildman–Crippen LogP) is 3.67. The maximum atomic E-state index is 12.4. The summed E-state index contributed by atoms with van der Waals surface area (Å²) >= 11 is 3.37. The van der Waals surface area contributed by atoms with E-state index in [0.717, 1.165) is 15.6 Å². The monoisotopic (exact) mass is 502 g/mol. The zero-order valence-corrected chi connectivity index (χ0v) is 19.2. The molecule has 3 aromatic carbocycles. The summed E-state index contributed by atoms with van der Waals surface area (Å²) < 4.78 is 33.9. The van der Waals surface area contributed by atoms with E-state index in [9.17, 15) is 13.2 Å². The summed E-state index contributed by atoms with van der Waals surface area (Å²) in [6.45, 7) is 0.558. The first-order chi connectivity index (χ1) is 14.9. The molecule has 0 spiro atoms. The molecule has 0 heterocycles. The number of rotatable bonds is 10. The predicted molar refractivity (Wildman–Crippen MR) is 123 cm³/mol. The molecule has 3 aromatic rings. The minimum Gasteiger partial charge on any atom is -0.484 e. The largest absolute Gasteiger partial charge is 0.484 e. The molecule has 0 atom stereocenters. The molecule has 0 radical (unpaired) electrons. The third-order valence-corrected chi connectivity index (χ3v) is 6.46. The van der Waals surface area contributed by atoms with Gasteiger partial charge in [0.05, 0.1) is 4.90 Å². The van der Waals surface area contributed by atoms with Crippen LogP contribution in [0.1, 0.15) is 11.1 Å². The minimum absolute atomic E-state index is 0.146. The Morgan fingerprint density at radius 1 is 0.871 bits per heavy atom. The average Bonchev–Trinajstić information content (AvgIpc) is 2.78. The van der Waals surface area contributed by atoms with Gasteiger partial charge < -0.3 is 10.1 Å². The van der Waals surface area contributed by atoms with E-state index in [1.165, 1.54) is 24.3 Å². The summed E-state index contributed by atoms with van der Waals surface area (Å²) in [5, 5.41) is 2.78. The van der Waals surface area contributed by atoms with Gasteiger partial charge in [-0.2, -0.15) is 0 Å². The average molecular weight is 503 g/mol. The summed E-state index contributed by atoms with van der Waals surface area (Å²) in [5.74, 6) is 0.157. The fourth-order valence-corrected chi connectivity index (χ4v) is 4.07. The van der Waals surface area contributed by atoms with Crippen LogP contribution in [0.25, 0.3) is 0 Å². The van der Waals surface area contributed by atoms with Crippen LogP contribution in [-0.4, -0.2) is 27.5 Å². The van der Waals surface area contributed by atoms with Crippen LogP contribution in [-0.2, 0) is 27.8 Å². The Kier molecular flexibility index (Phi) is 8.22. The Bertz CT molecular complexity index is 1090. The zero-order chi connectivity index (χ0) is 22.1. The number of hydrogen-bond donors (Lipinski definition) is 2. The number of nitrogens with one attached hydrogen (secondary N) is 2. The molecule has 8 heteroatoms. The summed E-state index contributed by atoms with van der Waals surface area (Å²) in [7, 11) is -3.61. The number of hydrogen-bond acceptors (Lipinski definition) is 4. The van der Waals surface area contributed by atoms with Crippen molar-refractivity contribution in [2.45, 2.75) is 17.9 Å². The van der Waals surface area contributed by atoms with Gasteiger partial charge in [-0.05, 0) is 53.9 Å². The molecule has 1 amide bonds. The molecule has 6 nitrogen and oxygen atoms in total. The SMILES string of the molecule is O=C(COc1ccc(S(=O)(=O)NCCc2ccccc2)cc1)NCc1ccc(Br)cc1. The van der Waals surface area contributed by atoms with Gasteiger partial charge in [-0.15, -0.1) is 0 Å². The van der Waals surface area contributed by atoms with Crippen molar-refractivity contribution in [1.82, 2.24) is 10.0 Å². The molecule has 0 aliphatic heterocycles. The highest BCUT2D eigenvalue weighted by Gasteiger charge is 2.13. The standard InChI is InChI=1S/C23H23BrN2O4S/c24-20-8-6-19(7-9-20)16-25-23(27)17-30-21-10-12-22(13-11-21)31(28,29)26-15-14-18-4-2-1-3-5-18/h1-13,26H,14-17H2,(H,25,27). The summed E-state index contributed by atoms with van der Waals surface area (Å²) in [4.78, 5) is 12.1. The van der Waals surface area contributed by atoms with Crippen molar-refractivity contribution in [3.05, 3.63) is 94.5 Å². The van der Waals surface area contributed by atoms with Crippen molar-refractivity contribution in [2.24, 2.45) is 0 Å². The molecule has 31 heavy (non-hydrogen) atoms. The number of halogens is 1. The Hall–Kier alpha value is -2.68. The van der Waals surface area contributed by atoms with Gasteiger partial charge in [0.25, 0.3) is 5.91 Å². The van der Waals surface area contributed by atoms with Crippen molar-refractivity contribution < 1.29 is 17.9 Å². The van der Waals surface area contributed by atoms with Crippen LogP contribution in [0.5, 0.6) is 5.75 Å². The highest BCUT2D eigenvalue weighted by atomic mass is 79.9. The van der Waals surface area contributed by atoms with Crippen molar-refractivity contribution in [1.29, 1.82) is 0 Å². The maximum Gasteiger partial charge on any atom is 0.258 e. The molecule has 0 fully saturated rings. The Labute approximate surface area is 190 Å². The second-order valence-electron chi connectivity index (χ2n) is 6.80. The molecule has 3 rings (SSSR count). The van der Waals surface area contributed by atoms with Gasteiger partial charge in [-0.3, -0.25) is 4.79 Å². The summed E-state index contributed by atoms with van der Waals surface area (Å²) in [6, 6.07) is 23.3. The second kappa shape index (κ2) is 11.1. The first-order valence-electron chi connectivity index (χ1n) is 9.70. The van der Waals surface area contributed by atoms with Crippen molar-refractivity contribution in [2.75, 3.05) is 13.2 Å². The van der Waals surface area contributed by atoms with Gasteiger partial charge in [0, 0.05) is 17.6 Å². The molecule has 0 bridgehead atoms. The van der Waals surface area contributed by atoms with Crippen LogP contribution in [0.15, 0.2) is 88.2 Å². The summed E-state index contributed by atoms with van der Waals surface area (Å²) in [5.41, 5.74) is 2.04. The molecule has 0 unspecified atom stereocenters. The quantitative estimate of drug-likeness (QED) is 0.442. The van der Waals surface area contributed by atoms with Crippen LogP contribution in [0.2, 0.25) is 0 Å². The van der Waals surface area contributed by atoms with Crippen LogP contribution in [0.3, 0.4) is 0 Å². The number of amides is 1. The normalized spacial score (nSPS) is 11.1. The summed E-state index contributed by atoms with van der Waals surface area (Å²) in [6.07, 6.45) is 0.608. The van der Waals surface area contributed by atoms with E-state index in [-0.39, 0.29) is 17.4 Å². The number of benzene rings is 3. The zero-order valence-electron chi connectivity index (χ0n) is 16.8. The second-order valence-corrected chi connectivity index (χ2v) is 9.48. The lowest BCUT2D eigenvalue weighted by Gasteiger charge is -2.10. The van der Waals surface area contributed by atoms with Gasteiger partial charge in [0.2, 0.25) is 10.0 Å². The fraction of sp³-hybridized carbons (Fsp3) is 0.174. The lowest BCUT2D eigenvalue weighted by Crippen LogP contribution is -2.28. The van der Waals surface area contributed by atoms with Crippen molar-refractivity contribution in [3.63, 3.8) is 0 Å². The van der Waals surface area contributed by atoms with Gasteiger partial charge in [-0.1, -0.05) is 58.4 Å². The first kappa shape index (κ1) is 23.0. The van der Waals surface area contributed by atoms with E-state index < -0.39 is 10.0 Å². The smallest absolute Gasteiger partial charge is 0.258 e. The molecular formula is C23H23BrN2O4S. The number of sulfonamides is 1. The van der Waals surface area contributed by atoms with E-state index in [1.807, 2.05) is 54.6 Å². The molecule has 2 N–H and O–H groups in total. The van der Waals surface area contributed by atoms with Crippen LogP contribution in [0.4, 0.5) is 0 Å². The van der Waals surface area contributed by atoms with E-state index in [2.05, 4.69) is 26.0 Å². The lowest BCUT2D eigenvalue weighted by molar-refractivity contribution is -0.123. The maximum absolute atomic E-state index is 12.4. The van der Waals surface area contributed by atoms with Gasteiger partial charge in [0.15, 0.2) is 6.61 Å². The van der Waals surface area contributed by atoms with Crippen LogP contribution >= 0.6 is 15.9 Å². The molecule has 162 valence electrons. The van der Waals surface area contributed by atoms with E-state index in [1.54, 1.807) is 0 Å². The van der Waals surface area contributed by atoms with Crippen molar-refractivity contribution in [3.8, 4) is 5.75 Å². The molecular weight excluding hydrogens is 480 g/mol. The lowest BCUT2D eigenvalue weighted by atomic mass is 10.2. The highest BCUT2D eigenvalue weighted by Crippen LogP contribution is 2.16. The Morgan fingerprint density at radius 3 is 2.23 bits per heavy atom. The Balaban J connectivity index is 1.44. The van der Waals surface area contributed by atoms with E-state index >= 15 is 0 Å². The molecule has 0 saturated carbocycles. The number of carbonyl (C=O) groups excluding carboxylic acids is 1. The van der Waals surface area contributed by atoms with E-state index in [0.29, 0.717) is 25.3 Å². The fourth-order valence-electron chi connectivity index (χ4n) is 2.78. The van der Waals surface area contributed by atoms with E-state index in [4.69, 9.17) is 4.74 Å². The third kappa shape index (κ3) is 7.50.